The molecule has 1 saturated carbocycles. The molecule has 2 aromatic heterocycles. The van der Waals surface area contributed by atoms with Gasteiger partial charge < -0.3 is 10.1 Å². The van der Waals surface area contributed by atoms with Gasteiger partial charge in [0, 0.05) is 19.0 Å². The number of hydrogen-bond acceptors (Lipinski definition) is 6. The molecule has 0 amide bonds. The van der Waals surface area contributed by atoms with Gasteiger partial charge in [-0.05, 0) is 12.8 Å². The zero-order valence-electron chi connectivity index (χ0n) is 10.7. The molecule has 1 atom stereocenters. The van der Waals surface area contributed by atoms with Crippen LogP contribution >= 0.6 is 11.3 Å². The Morgan fingerprint density at radius 3 is 2.95 bits per heavy atom. The van der Waals surface area contributed by atoms with Crippen LogP contribution in [0, 0.1) is 0 Å². The topological polar surface area (TPSA) is 64.3 Å². The molecule has 1 unspecified atom stereocenters. The van der Waals surface area contributed by atoms with Crippen LogP contribution in [0.2, 0.25) is 0 Å². The lowest BCUT2D eigenvalue weighted by atomic mass is 10.1. The number of nitrogens with one attached hydrogen (secondary N) is 1. The summed E-state index contributed by atoms with van der Waals surface area (Å²) >= 11 is 1.60. The molecule has 6 nitrogen and oxygen atoms in total. The molecule has 1 aliphatic heterocycles. The summed E-state index contributed by atoms with van der Waals surface area (Å²) in [4.78, 5) is 0.895. The van der Waals surface area contributed by atoms with E-state index in [1.54, 1.807) is 11.3 Å². The summed E-state index contributed by atoms with van der Waals surface area (Å²) in [5, 5.41) is 17.6. The van der Waals surface area contributed by atoms with Crippen molar-refractivity contribution in [3.63, 3.8) is 0 Å². The Morgan fingerprint density at radius 2 is 2.16 bits per heavy atom. The van der Waals surface area contributed by atoms with Crippen molar-refractivity contribution in [1.29, 1.82) is 0 Å². The molecule has 102 valence electrons. The molecule has 0 radical (unpaired) electrons. The van der Waals surface area contributed by atoms with Crippen molar-refractivity contribution in [1.82, 2.24) is 25.1 Å². The standard InChI is InChI=1S/C12H17N5OS/c1-2-4-8(3-1)10-14-15-12-17(10)16-11(19-12)9-7-13-5-6-18-9/h8-9,13H,1-7H2. The maximum Gasteiger partial charge on any atom is 0.234 e. The first-order valence-electron chi connectivity index (χ1n) is 6.96. The first kappa shape index (κ1) is 11.7. The molecule has 4 rings (SSSR count). The van der Waals surface area contributed by atoms with E-state index in [-0.39, 0.29) is 6.10 Å². The highest BCUT2D eigenvalue weighted by atomic mass is 32.1. The third kappa shape index (κ3) is 2.05. The molecule has 19 heavy (non-hydrogen) atoms. The summed E-state index contributed by atoms with van der Waals surface area (Å²) in [6, 6.07) is 0. The van der Waals surface area contributed by atoms with Crippen LogP contribution < -0.4 is 5.32 Å². The Kier molecular flexibility index (Phi) is 2.97. The average Bonchev–Trinajstić information content (AvgIpc) is 3.15. The van der Waals surface area contributed by atoms with Gasteiger partial charge >= 0.3 is 0 Å². The highest BCUT2D eigenvalue weighted by molar-refractivity contribution is 7.16. The summed E-state index contributed by atoms with van der Waals surface area (Å²) in [6.45, 7) is 2.51. The van der Waals surface area contributed by atoms with Gasteiger partial charge in [-0.2, -0.15) is 9.61 Å². The van der Waals surface area contributed by atoms with Gasteiger partial charge in [-0.25, -0.2) is 0 Å². The van der Waals surface area contributed by atoms with E-state index in [4.69, 9.17) is 4.74 Å². The maximum absolute atomic E-state index is 5.75. The molecule has 3 heterocycles. The molecule has 2 fully saturated rings. The van der Waals surface area contributed by atoms with E-state index in [1.807, 2.05) is 4.52 Å². The monoisotopic (exact) mass is 279 g/mol. The van der Waals surface area contributed by atoms with E-state index in [1.165, 1.54) is 25.7 Å². The second-order valence-electron chi connectivity index (χ2n) is 5.24. The van der Waals surface area contributed by atoms with Crippen molar-refractivity contribution < 1.29 is 4.74 Å². The molecule has 1 N–H and O–H groups in total. The molecule has 0 aromatic carbocycles. The second kappa shape index (κ2) is 4.81. The molecule has 7 heteroatoms. The lowest BCUT2D eigenvalue weighted by molar-refractivity contribution is 0.0270. The summed E-state index contributed by atoms with van der Waals surface area (Å²) < 4.78 is 7.69. The Balaban J connectivity index is 1.67. The maximum atomic E-state index is 5.75. The second-order valence-corrected chi connectivity index (χ2v) is 6.23. The quantitative estimate of drug-likeness (QED) is 0.902. The summed E-state index contributed by atoms with van der Waals surface area (Å²) in [5.74, 6) is 1.58. The number of ether oxygens (including phenoxy) is 1. The van der Waals surface area contributed by atoms with Crippen molar-refractivity contribution in [2.75, 3.05) is 19.7 Å². The van der Waals surface area contributed by atoms with Crippen LogP contribution in [-0.2, 0) is 4.74 Å². The highest BCUT2D eigenvalue weighted by Gasteiger charge is 2.26. The molecule has 1 aliphatic carbocycles. The summed E-state index contributed by atoms with van der Waals surface area (Å²) in [7, 11) is 0. The number of rotatable bonds is 2. The van der Waals surface area contributed by atoms with Crippen molar-refractivity contribution in [2.45, 2.75) is 37.7 Å². The third-order valence-corrected chi connectivity index (χ3v) is 4.94. The predicted octanol–water partition coefficient (Wildman–Crippen LogP) is 1.50. The minimum atomic E-state index is 0.0666. The van der Waals surface area contributed by atoms with Crippen LogP contribution in [0.25, 0.3) is 4.96 Å². The van der Waals surface area contributed by atoms with Gasteiger partial charge in [0.2, 0.25) is 4.96 Å². The van der Waals surface area contributed by atoms with Crippen molar-refractivity contribution in [2.24, 2.45) is 0 Å². The minimum Gasteiger partial charge on any atom is -0.368 e. The number of aromatic nitrogens is 4. The van der Waals surface area contributed by atoms with Gasteiger partial charge in [-0.3, -0.25) is 0 Å². The number of hydrogen-bond donors (Lipinski definition) is 1. The Morgan fingerprint density at radius 1 is 1.26 bits per heavy atom. The molecule has 2 aromatic rings. The van der Waals surface area contributed by atoms with E-state index >= 15 is 0 Å². The van der Waals surface area contributed by atoms with Gasteiger partial charge in [0.15, 0.2) is 5.82 Å². The van der Waals surface area contributed by atoms with E-state index in [0.29, 0.717) is 5.92 Å². The highest BCUT2D eigenvalue weighted by Crippen LogP contribution is 2.34. The third-order valence-electron chi connectivity index (χ3n) is 3.95. The zero-order valence-corrected chi connectivity index (χ0v) is 11.5. The van der Waals surface area contributed by atoms with Crippen LogP contribution in [0.5, 0.6) is 0 Å². The molecular weight excluding hydrogens is 262 g/mol. The molecule has 0 bridgehead atoms. The van der Waals surface area contributed by atoms with E-state index in [2.05, 4.69) is 20.6 Å². The summed E-state index contributed by atoms with van der Waals surface area (Å²) in [6.07, 6.45) is 5.10. The van der Waals surface area contributed by atoms with E-state index in [9.17, 15) is 0 Å². The number of morpholine rings is 1. The van der Waals surface area contributed by atoms with Gasteiger partial charge in [0.1, 0.15) is 11.1 Å². The first-order valence-corrected chi connectivity index (χ1v) is 7.78. The smallest absolute Gasteiger partial charge is 0.234 e. The average molecular weight is 279 g/mol. The molecule has 2 aliphatic rings. The van der Waals surface area contributed by atoms with Gasteiger partial charge in [0.05, 0.1) is 6.61 Å². The van der Waals surface area contributed by atoms with Gasteiger partial charge in [0.25, 0.3) is 0 Å². The van der Waals surface area contributed by atoms with Crippen molar-refractivity contribution in [3.8, 4) is 0 Å². The Labute approximate surface area is 115 Å². The minimum absolute atomic E-state index is 0.0666. The Bertz CT molecular complexity index is 568. The lowest BCUT2D eigenvalue weighted by Crippen LogP contribution is -2.33. The van der Waals surface area contributed by atoms with Crippen LogP contribution in [0.1, 0.15) is 48.5 Å². The zero-order chi connectivity index (χ0) is 12.7. The Hall–Kier alpha value is -1.05. The molecular formula is C12H17N5OS. The fourth-order valence-corrected chi connectivity index (χ4v) is 3.83. The molecule has 0 spiro atoms. The SMILES string of the molecule is C1CCC(c2nnc3sc(C4CNCCO4)nn23)C1. The predicted molar refractivity (Wildman–Crippen MR) is 71.4 cm³/mol. The largest absolute Gasteiger partial charge is 0.368 e. The van der Waals surface area contributed by atoms with Crippen LogP contribution in [0.3, 0.4) is 0 Å². The van der Waals surface area contributed by atoms with E-state index < -0.39 is 0 Å². The number of fused-ring (bicyclic) bond motifs is 1. The van der Waals surface area contributed by atoms with Gasteiger partial charge in [-0.15, -0.1) is 10.2 Å². The van der Waals surface area contributed by atoms with Gasteiger partial charge in [-0.1, -0.05) is 24.2 Å². The molecule has 1 saturated heterocycles. The van der Waals surface area contributed by atoms with E-state index in [0.717, 1.165) is 35.5 Å². The van der Waals surface area contributed by atoms with Crippen LogP contribution in [-0.4, -0.2) is 39.5 Å². The van der Waals surface area contributed by atoms with Crippen LogP contribution in [0.15, 0.2) is 0 Å². The van der Waals surface area contributed by atoms with Crippen LogP contribution in [0.4, 0.5) is 0 Å². The fourth-order valence-electron chi connectivity index (χ4n) is 2.94. The lowest BCUT2D eigenvalue weighted by Gasteiger charge is -2.21. The van der Waals surface area contributed by atoms with Crippen molar-refractivity contribution in [3.05, 3.63) is 10.8 Å². The first-order chi connectivity index (χ1) is 9.42. The van der Waals surface area contributed by atoms with Crippen molar-refractivity contribution >= 4 is 16.3 Å². The summed E-state index contributed by atoms with van der Waals surface area (Å²) in [5.41, 5.74) is 0. The normalized spacial score (nSPS) is 25.4. The number of nitrogens with zero attached hydrogens (tertiary/aromatic N) is 4. The fraction of sp³-hybridized carbons (Fsp3) is 0.750.